The Labute approximate surface area is 172 Å². The van der Waals surface area contributed by atoms with Crippen molar-refractivity contribution < 1.29 is 9.21 Å². The van der Waals surface area contributed by atoms with Crippen LogP contribution in [0.3, 0.4) is 0 Å². The molecule has 3 rings (SSSR count). The fraction of sp³-hybridized carbons (Fsp3) is 0.417. The van der Waals surface area contributed by atoms with Crippen LogP contribution in [0.25, 0.3) is 12.4 Å². The van der Waals surface area contributed by atoms with E-state index in [1.807, 2.05) is 13.8 Å². The minimum absolute atomic E-state index is 0.0198. The number of nitrogens with zero attached hydrogens (tertiary/aromatic N) is 1. The third-order valence-electron chi connectivity index (χ3n) is 5.34. The standard InChI is InChI=1S/C24H31N3O2/c1-7-25-22(27-24(6)12-13-24)20-17(4)29-18(5)21(20)23(28)26-16(3)14-19-10-8-15(2)9-11-19/h7-11,16,27H,4,12-14H2,1-3,5-6H3,(H,26,28)/b22-20-,25-7?. The predicted octanol–water partition coefficient (Wildman–Crippen LogP) is 2.97. The van der Waals surface area contributed by atoms with Crippen molar-refractivity contribution in [3.63, 3.8) is 0 Å². The normalized spacial score (nSPS) is 17.1. The topological polar surface area (TPSA) is 66.6 Å². The first-order chi connectivity index (χ1) is 13.7. The number of hydrogen-bond donors (Lipinski definition) is 2. The molecular weight excluding hydrogens is 362 g/mol. The van der Waals surface area contributed by atoms with Gasteiger partial charge in [-0.3, -0.25) is 4.79 Å². The molecule has 1 aromatic heterocycles. The number of aryl methyl sites for hydroxylation is 2. The van der Waals surface area contributed by atoms with Gasteiger partial charge in [0, 0.05) is 17.8 Å². The summed E-state index contributed by atoms with van der Waals surface area (Å²) in [6, 6.07) is 8.36. The molecule has 0 spiro atoms. The molecule has 0 aliphatic heterocycles. The fourth-order valence-corrected chi connectivity index (χ4v) is 3.44. The van der Waals surface area contributed by atoms with E-state index in [0.717, 1.165) is 19.3 Å². The number of carbonyl (C=O) groups excluding carboxylic acids is 1. The van der Waals surface area contributed by atoms with Crippen molar-refractivity contribution in [3.05, 3.63) is 57.4 Å². The van der Waals surface area contributed by atoms with Gasteiger partial charge >= 0.3 is 0 Å². The van der Waals surface area contributed by atoms with E-state index in [2.05, 4.69) is 60.3 Å². The molecule has 1 amide bonds. The average Bonchev–Trinajstić information content (AvgIpc) is 3.29. The molecule has 2 N–H and O–H groups in total. The first-order valence-corrected chi connectivity index (χ1v) is 10.2. The van der Waals surface area contributed by atoms with Crippen LogP contribution in [-0.4, -0.2) is 23.7 Å². The van der Waals surface area contributed by atoms with E-state index in [1.165, 1.54) is 11.1 Å². The molecule has 0 bridgehead atoms. The highest BCUT2D eigenvalue weighted by Gasteiger charge is 2.38. The summed E-state index contributed by atoms with van der Waals surface area (Å²) < 4.78 is 5.74. The summed E-state index contributed by atoms with van der Waals surface area (Å²) in [4.78, 5) is 17.6. The summed E-state index contributed by atoms with van der Waals surface area (Å²) in [5.74, 6) is 1.03. The number of carbonyl (C=O) groups is 1. The zero-order chi connectivity index (χ0) is 21.2. The molecule has 1 aliphatic carbocycles. The van der Waals surface area contributed by atoms with Crippen molar-refractivity contribution in [1.82, 2.24) is 10.6 Å². The Hall–Kier alpha value is -2.82. The van der Waals surface area contributed by atoms with Gasteiger partial charge in [-0.2, -0.15) is 0 Å². The van der Waals surface area contributed by atoms with Crippen LogP contribution in [0, 0.1) is 13.8 Å². The summed E-state index contributed by atoms with van der Waals surface area (Å²) in [6.45, 7) is 13.9. The Balaban J connectivity index is 1.89. The quantitative estimate of drug-likeness (QED) is 0.711. The third kappa shape index (κ3) is 4.97. The highest BCUT2D eigenvalue weighted by atomic mass is 16.3. The molecule has 2 aromatic rings. The highest BCUT2D eigenvalue weighted by Crippen LogP contribution is 2.35. The van der Waals surface area contributed by atoms with E-state index in [1.54, 1.807) is 13.1 Å². The van der Waals surface area contributed by atoms with Crippen LogP contribution in [0.15, 0.2) is 33.7 Å². The van der Waals surface area contributed by atoms with Crippen molar-refractivity contribution in [2.24, 2.45) is 4.99 Å². The zero-order valence-corrected chi connectivity index (χ0v) is 18.1. The van der Waals surface area contributed by atoms with Crippen LogP contribution in [0.1, 0.15) is 60.9 Å². The van der Waals surface area contributed by atoms with Gasteiger partial charge in [-0.1, -0.05) is 36.4 Å². The Kier molecular flexibility index (Phi) is 5.96. The van der Waals surface area contributed by atoms with Gasteiger partial charge in [-0.05, 0) is 59.4 Å². The molecule has 1 aromatic carbocycles. The second-order valence-electron chi connectivity index (χ2n) is 8.32. The maximum absolute atomic E-state index is 13.2. The number of hydrogen-bond acceptors (Lipinski definition) is 4. The summed E-state index contributed by atoms with van der Waals surface area (Å²) in [7, 11) is 0. The average molecular weight is 394 g/mol. The summed E-state index contributed by atoms with van der Waals surface area (Å²) >= 11 is 0. The number of rotatable bonds is 7. The molecule has 1 heterocycles. The largest absolute Gasteiger partial charge is 0.461 e. The highest BCUT2D eigenvalue weighted by molar-refractivity contribution is 5.96. The summed E-state index contributed by atoms with van der Waals surface area (Å²) in [6.07, 6.45) is 4.63. The molecule has 1 fully saturated rings. The van der Waals surface area contributed by atoms with Crippen LogP contribution in [0.2, 0.25) is 0 Å². The van der Waals surface area contributed by atoms with E-state index in [4.69, 9.17) is 4.42 Å². The van der Waals surface area contributed by atoms with Crippen molar-refractivity contribution in [3.8, 4) is 0 Å². The molecule has 0 saturated heterocycles. The van der Waals surface area contributed by atoms with Crippen LogP contribution >= 0.6 is 0 Å². The van der Waals surface area contributed by atoms with Gasteiger partial charge in [-0.15, -0.1) is 0 Å². The van der Waals surface area contributed by atoms with Crippen molar-refractivity contribution in [2.45, 2.75) is 65.5 Å². The van der Waals surface area contributed by atoms with Crippen molar-refractivity contribution >= 4 is 24.5 Å². The number of benzene rings is 1. The number of aliphatic imine (C=N–C) groups is 1. The molecule has 5 nitrogen and oxygen atoms in total. The molecule has 1 aliphatic rings. The summed E-state index contributed by atoms with van der Waals surface area (Å²) in [5.41, 5.74) is 3.39. The lowest BCUT2D eigenvalue weighted by Crippen LogP contribution is -2.41. The van der Waals surface area contributed by atoms with E-state index < -0.39 is 0 Å². The number of amides is 1. The molecule has 0 radical (unpaired) electrons. The van der Waals surface area contributed by atoms with Crippen LogP contribution < -0.4 is 21.3 Å². The van der Waals surface area contributed by atoms with Gasteiger partial charge in [0.05, 0.1) is 10.8 Å². The lowest BCUT2D eigenvalue weighted by atomic mass is 10.0. The lowest BCUT2D eigenvalue weighted by molar-refractivity contribution is 0.0937. The first-order valence-electron chi connectivity index (χ1n) is 10.2. The molecular formula is C24H31N3O2. The van der Waals surface area contributed by atoms with Crippen molar-refractivity contribution in [1.29, 1.82) is 0 Å². The van der Waals surface area contributed by atoms with Gasteiger partial charge < -0.3 is 15.1 Å². The molecule has 1 unspecified atom stereocenters. The minimum atomic E-state index is -0.165. The second-order valence-corrected chi connectivity index (χ2v) is 8.32. The molecule has 5 heteroatoms. The van der Waals surface area contributed by atoms with E-state index >= 15 is 0 Å². The number of nitrogens with one attached hydrogen (secondary N) is 2. The molecule has 154 valence electrons. The van der Waals surface area contributed by atoms with Crippen molar-refractivity contribution in [2.75, 3.05) is 0 Å². The Morgan fingerprint density at radius 1 is 1.31 bits per heavy atom. The lowest BCUT2D eigenvalue weighted by Gasteiger charge is -2.15. The van der Waals surface area contributed by atoms with Crippen LogP contribution in [0.4, 0.5) is 0 Å². The van der Waals surface area contributed by atoms with E-state index in [9.17, 15) is 4.79 Å². The monoisotopic (exact) mass is 393 g/mol. The molecule has 1 atom stereocenters. The van der Waals surface area contributed by atoms with Gasteiger partial charge in [0.25, 0.3) is 5.91 Å². The van der Waals surface area contributed by atoms with Gasteiger partial charge in [0.15, 0.2) is 0 Å². The maximum atomic E-state index is 13.2. The smallest absolute Gasteiger partial charge is 0.255 e. The second kappa shape index (κ2) is 8.27. The Bertz CT molecular complexity index is 1030. The predicted molar refractivity (Wildman–Crippen MR) is 118 cm³/mol. The minimum Gasteiger partial charge on any atom is -0.461 e. The Morgan fingerprint density at radius 2 is 1.97 bits per heavy atom. The number of furan rings is 1. The Morgan fingerprint density at radius 3 is 2.55 bits per heavy atom. The summed E-state index contributed by atoms with van der Waals surface area (Å²) in [5, 5.41) is 7.23. The maximum Gasteiger partial charge on any atom is 0.255 e. The van der Waals surface area contributed by atoms with Gasteiger partial charge in [-0.25, -0.2) is 4.99 Å². The van der Waals surface area contributed by atoms with E-state index in [-0.39, 0.29) is 17.5 Å². The van der Waals surface area contributed by atoms with Crippen LogP contribution in [-0.2, 0) is 6.42 Å². The van der Waals surface area contributed by atoms with Gasteiger partial charge in [0.1, 0.15) is 17.0 Å². The first kappa shape index (κ1) is 20.9. The zero-order valence-electron chi connectivity index (χ0n) is 18.1. The molecule has 29 heavy (non-hydrogen) atoms. The van der Waals surface area contributed by atoms with Crippen LogP contribution in [0.5, 0.6) is 0 Å². The molecule has 1 saturated carbocycles. The van der Waals surface area contributed by atoms with E-state index in [0.29, 0.717) is 27.8 Å². The SMILES string of the molecule is C=c1oc(C)c(C(=O)NC(C)Cc2ccc(C)cc2)/c1=C(/N=CC)NC1(C)CC1. The van der Waals surface area contributed by atoms with Gasteiger partial charge in [0.2, 0.25) is 0 Å². The third-order valence-corrected chi connectivity index (χ3v) is 5.34. The fourth-order valence-electron chi connectivity index (χ4n) is 3.44.